The number of carboxylic acid groups (broad SMARTS) is 3. The average molecular weight is 524 g/mol. The van der Waals surface area contributed by atoms with E-state index in [2.05, 4.69) is 9.88 Å². The van der Waals surface area contributed by atoms with Crippen LogP contribution in [0, 0.1) is 12.7 Å². The van der Waals surface area contributed by atoms with Gasteiger partial charge in [0.05, 0.1) is 19.3 Å². The number of nitrogens with one attached hydrogen (secondary N) is 1. The van der Waals surface area contributed by atoms with Crippen molar-refractivity contribution < 1.29 is 44.0 Å². The summed E-state index contributed by atoms with van der Waals surface area (Å²) in [5.41, 5.74) is -0.0159. The molecule has 0 bridgehead atoms. The molecular weight excluding hydrogens is 489 g/mol. The zero-order valence-electron chi connectivity index (χ0n) is 21.0. The van der Waals surface area contributed by atoms with Crippen LogP contribution in [0.5, 0.6) is 0 Å². The van der Waals surface area contributed by atoms with Crippen LogP contribution in [0.2, 0.25) is 0 Å². The summed E-state index contributed by atoms with van der Waals surface area (Å²) in [5.74, 6) is -5.21. The van der Waals surface area contributed by atoms with Crippen molar-refractivity contribution in [3.8, 4) is 0 Å². The number of aromatic amines is 1. The van der Waals surface area contributed by atoms with Gasteiger partial charge in [0, 0.05) is 36.7 Å². The largest absolute Gasteiger partial charge is 0.481 e. The highest BCUT2D eigenvalue weighted by atomic mass is 19.1. The van der Waals surface area contributed by atoms with Gasteiger partial charge in [-0.05, 0) is 56.6 Å². The van der Waals surface area contributed by atoms with Crippen LogP contribution < -0.4 is 0 Å². The molecule has 11 nitrogen and oxygen atoms in total. The van der Waals surface area contributed by atoms with Gasteiger partial charge < -0.3 is 35.2 Å². The van der Waals surface area contributed by atoms with Gasteiger partial charge in [0.2, 0.25) is 5.91 Å². The Morgan fingerprint density at radius 2 is 1.65 bits per heavy atom. The molecule has 0 atom stereocenters. The molecule has 0 aliphatic carbocycles. The fourth-order valence-electron chi connectivity index (χ4n) is 4.18. The first-order chi connectivity index (χ1) is 17.3. The van der Waals surface area contributed by atoms with Crippen LogP contribution >= 0.6 is 0 Å². The number of halogens is 1. The Balaban J connectivity index is 0.000000317. The maximum Gasteiger partial charge on any atom is 0.336 e. The van der Waals surface area contributed by atoms with Crippen LogP contribution in [0.1, 0.15) is 43.4 Å². The van der Waals surface area contributed by atoms with Crippen LogP contribution in [0.15, 0.2) is 18.2 Å². The smallest absolute Gasteiger partial charge is 0.336 e. The molecule has 2 heterocycles. The van der Waals surface area contributed by atoms with E-state index in [9.17, 15) is 23.6 Å². The predicted molar refractivity (Wildman–Crippen MR) is 132 cm³/mol. The van der Waals surface area contributed by atoms with Crippen molar-refractivity contribution in [2.24, 2.45) is 0 Å². The molecule has 1 aliphatic rings. The van der Waals surface area contributed by atoms with Gasteiger partial charge in [-0.1, -0.05) is 6.42 Å². The van der Waals surface area contributed by atoms with Crippen molar-refractivity contribution in [3.63, 3.8) is 0 Å². The number of aliphatic hydroxyl groups is 1. The first kappa shape index (κ1) is 29.7. The van der Waals surface area contributed by atoms with E-state index < -0.39 is 36.4 Å². The number of likely N-dealkylation sites (tertiary alicyclic amines) is 1. The summed E-state index contributed by atoms with van der Waals surface area (Å²) < 4.78 is 13.5. The quantitative estimate of drug-likeness (QED) is 0.312. The number of carboxylic acids is 3. The third-order valence-corrected chi connectivity index (χ3v) is 6.32. The second-order valence-electron chi connectivity index (χ2n) is 9.29. The minimum atomic E-state index is -2.74. The maximum atomic E-state index is 13.5. The van der Waals surface area contributed by atoms with Crippen molar-refractivity contribution in [2.45, 2.75) is 51.0 Å². The second-order valence-corrected chi connectivity index (χ2v) is 9.29. The van der Waals surface area contributed by atoms with Gasteiger partial charge in [0.15, 0.2) is 5.60 Å². The fraction of sp³-hybridized carbons (Fsp3) is 0.520. The predicted octanol–water partition coefficient (Wildman–Crippen LogP) is 1.85. The number of fused-ring (bicyclic) bond motifs is 1. The third-order valence-electron chi connectivity index (χ3n) is 6.32. The number of aliphatic carboxylic acids is 3. The lowest BCUT2D eigenvalue weighted by Crippen LogP contribution is -2.42. The Hall–Kier alpha value is -3.51. The molecule has 12 heteroatoms. The molecule has 37 heavy (non-hydrogen) atoms. The van der Waals surface area contributed by atoms with Crippen LogP contribution in [0.25, 0.3) is 10.9 Å². The van der Waals surface area contributed by atoms with Crippen LogP contribution in [0.3, 0.4) is 0 Å². The molecule has 1 saturated heterocycles. The zero-order valence-corrected chi connectivity index (χ0v) is 21.0. The topological polar surface area (TPSA) is 171 Å². The van der Waals surface area contributed by atoms with Crippen molar-refractivity contribution >= 4 is 34.7 Å². The van der Waals surface area contributed by atoms with Gasteiger partial charge in [-0.25, -0.2) is 9.18 Å². The number of carbonyl (C=O) groups is 4. The van der Waals surface area contributed by atoms with Crippen LogP contribution in [-0.4, -0.2) is 97.9 Å². The summed E-state index contributed by atoms with van der Waals surface area (Å²) in [5, 5.41) is 34.6. The van der Waals surface area contributed by atoms with Gasteiger partial charge in [0.25, 0.3) is 0 Å². The summed E-state index contributed by atoms with van der Waals surface area (Å²) in [4.78, 5) is 50.5. The van der Waals surface area contributed by atoms with E-state index in [0.717, 1.165) is 48.3 Å². The number of H-pyrrole nitrogens is 1. The van der Waals surface area contributed by atoms with E-state index in [4.69, 9.17) is 20.4 Å². The van der Waals surface area contributed by atoms with E-state index >= 15 is 0 Å². The highest BCUT2D eigenvalue weighted by Crippen LogP contribution is 2.24. The summed E-state index contributed by atoms with van der Waals surface area (Å²) in [7, 11) is 1.86. The molecule has 0 spiro atoms. The van der Waals surface area contributed by atoms with E-state index in [1.165, 1.54) is 31.4 Å². The number of rotatable bonds is 10. The molecule has 2 aromatic rings. The molecule has 1 aromatic carbocycles. The minimum absolute atomic E-state index is 0.0836. The molecule has 1 aromatic heterocycles. The molecule has 204 valence electrons. The van der Waals surface area contributed by atoms with E-state index in [0.29, 0.717) is 6.42 Å². The lowest BCUT2D eigenvalue weighted by Gasteiger charge is -2.28. The third kappa shape index (κ3) is 8.83. The number of aromatic nitrogens is 1. The summed E-state index contributed by atoms with van der Waals surface area (Å²) in [6, 6.07) is 4.68. The molecule has 3 rings (SSSR count). The minimum Gasteiger partial charge on any atom is -0.481 e. The Morgan fingerprint density at radius 1 is 1.05 bits per heavy atom. The summed E-state index contributed by atoms with van der Waals surface area (Å²) in [6.07, 6.45) is 1.87. The number of benzene rings is 1. The summed E-state index contributed by atoms with van der Waals surface area (Å²) in [6.45, 7) is 5.90. The molecular formula is C25H34FN3O8. The number of amides is 1. The Morgan fingerprint density at radius 3 is 2.19 bits per heavy atom. The molecule has 0 saturated carbocycles. The molecule has 1 fully saturated rings. The lowest BCUT2D eigenvalue weighted by atomic mass is 9.96. The van der Waals surface area contributed by atoms with Gasteiger partial charge in [-0.3, -0.25) is 14.4 Å². The van der Waals surface area contributed by atoms with Crippen molar-refractivity contribution in [1.29, 1.82) is 0 Å². The van der Waals surface area contributed by atoms with E-state index in [1.54, 1.807) is 11.0 Å². The van der Waals surface area contributed by atoms with Crippen molar-refractivity contribution in [2.75, 3.05) is 33.2 Å². The Kier molecular flexibility index (Phi) is 10.6. The molecule has 1 amide bonds. The molecule has 0 unspecified atom stereocenters. The monoisotopic (exact) mass is 523 g/mol. The maximum absolute atomic E-state index is 13.5. The molecule has 5 N–H and O–H groups in total. The van der Waals surface area contributed by atoms with Crippen molar-refractivity contribution in [3.05, 3.63) is 35.3 Å². The lowest BCUT2D eigenvalue weighted by molar-refractivity contribution is -0.170. The van der Waals surface area contributed by atoms with Gasteiger partial charge in [-0.2, -0.15) is 0 Å². The highest BCUT2D eigenvalue weighted by Gasteiger charge is 2.40. The molecule has 1 aliphatic heterocycles. The first-order valence-corrected chi connectivity index (χ1v) is 11.9. The highest BCUT2D eigenvalue weighted by molar-refractivity contribution is 5.90. The fourth-order valence-corrected chi connectivity index (χ4v) is 4.18. The van der Waals surface area contributed by atoms with Gasteiger partial charge in [0.1, 0.15) is 5.82 Å². The number of aryl methyl sites for hydroxylation is 1. The van der Waals surface area contributed by atoms with Gasteiger partial charge in [-0.15, -0.1) is 0 Å². The van der Waals surface area contributed by atoms with Gasteiger partial charge >= 0.3 is 17.9 Å². The number of hydrogen-bond acceptors (Lipinski definition) is 6. The Labute approximate surface area is 213 Å². The van der Waals surface area contributed by atoms with E-state index in [-0.39, 0.29) is 11.7 Å². The number of carbonyl (C=O) groups excluding carboxylic acids is 1. The standard InChI is InChI=1S/C19H26FN3O.C6H8O7/c1-14-16(17-12-15(20)6-7-18(17)21-14)13-19(24)22(2)10-11-23-8-4-3-5-9-23;7-3(8)1-6(13,5(11)12)2-4(9)10/h6-7,12,21H,3-5,8-11,13H2,1-2H3;13H,1-2H2,(H,7,8)(H,9,10)(H,11,12). The normalized spacial score (nSPS) is 14.1. The number of nitrogens with zero attached hydrogens (tertiary/aromatic N) is 2. The van der Waals surface area contributed by atoms with Crippen LogP contribution in [0.4, 0.5) is 4.39 Å². The van der Waals surface area contributed by atoms with Crippen LogP contribution in [-0.2, 0) is 25.6 Å². The SMILES string of the molecule is Cc1[nH]c2ccc(F)cc2c1CC(=O)N(C)CCN1CCCCC1.O=C(O)CC(O)(CC(=O)O)C(=O)O. The van der Waals surface area contributed by atoms with E-state index in [1.807, 2.05) is 14.0 Å². The zero-order chi connectivity index (χ0) is 27.8. The average Bonchev–Trinajstić information content (AvgIpc) is 3.11. The molecule has 0 radical (unpaired) electrons. The first-order valence-electron chi connectivity index (χ1n) is 11.9. The Bertz CT molecular complexity index is 1110. The number of piperidine rings is 1. The number of hydrogen-bond donors (Lipinski definition) is 5. The van der Waals surface area contributed by atoms with Crippen molar-refractivity contribution in [1.82, 2.24) is 14.8 Å². The number of likely N-dealkylation sites (N-methyl/N-ethyl adjacent to an activating group) is 1. The second kappa shape index (κ2) is 13.2. The summed E-state index contributed by atoms with van der Waals surface area (Å²) >= 11 is 0.